The monoisotopic (exact) mass is 398 g/mol. The first kappa shape index (κ1) is 19.9. The number of likely N-dealkylation sites (tertiary alicyclic amines) is 1. The van der Waals surface area contributed by atoms with E-state index < -0.39 is 0 Å². The number of carbonyl (C=O) groups excluding carboxylic acids is 2. The number of aryl methyl sites for hydroxylation is 1. The molecule has 0 aromatic heterocycles. The van der Waals surface area contributed by atoms with Crippen LogP contribution < -0.4 is 4.74 Å². The van der Waals surface area contributed by atoms with Crippen molar-refractivity contribution in [2.45, 2.75) is 58.5 Å². The molecule has 7 nitrogen and oxygen atoms in total. The van der Waals surface area contributed by atoms with Crippen molar-refractivity contribution in [1.82, 2.24) is 14.8 Å². The second-order valence-electron chi connectivity index (χ2n) is 8.11. The van der Waals surface area contributed by atoms with Crippen molar-refractivity contribution in [2.75, 3.05) is 26.2 Å². The molecule has 2 saturated heterocycles. The highest BCUT2D eigenvalue weighted by Crippen LogP contribution is 2.28. The van der Waals surface area contributed by atoms with Gasteiger partial charge in [0, 0.05) is 25.1 Å². The van der Waals surface area contributed by atoms with Gasteiger partial charge in [-0.2, -0.15) is 5.10 Å². The van der Waals surface area contributed by atoms with Crippen LogP contribution in [-0.2, 0) is 4.79 Å². The zero-order valence-corrected chi connectivity index (χ0v) is 17.4. The maximum Gasteiger partial charge on any atom is 0.349 e. The van der Waals surface area contributed by atoms with Crippen LogP contribution in [0.4, 0.5) is 4.79 Å². The van der Waals surface area contributed by atoms with Crippen molar-refractivity contribution >= 4 is 17.6 Å². The first-order valence-electron chi connectivity index (χ1n) is 10.8. The van der Waals surface area contributed by atoms with Crippen molar-refractivity contribution in [3.05, 3.63) is 29.3 Å². The van der Waals surface area contributed by atoms with E-state index in [0.29, 0.717) is 13.0 Å². The fourth-order valence-corrected chi connectivity index (χ4v) is 4.46. The summed E-state index contributed by atoms with van der Waals surface area (Å²) in [6.45, 7) is 6.55. The van der Waals surface area contributed by atoms with Gasteiger partial charge in [-0.05, 0) is 38.3 Å². The van der Waals surface area contributed by atoms with E-state index in [2.05, 4.69) is 16.9 Å². The van der Waals surface area contributed by atoms with Crippen molar-refractivity contribution in [1.29, 1.82) is 0 Å². The molecule has 156 valence electrons. The SMILES string of the molecule is CCCC(N1CCCCC1)N1C(=O)CN(/N=C2\CCOc3ccc(C)cc32)C1=O. The molecule has 3 heterocycles. The number of hydrazone groups is 1. The van der Waals surface area contributed by atoms with E-state index in [-0.39, 0.29) is 24.6 Å². The Morgan fingerprint density at radius 3 is 2.72 bits per heavy atom. The van der Waals surface area contributed by atoms with Gasteiger partial charge in [0.25, 0.3) is 5.91 Å². The molecule has 0 radical (unpaired) electrons. The summed E-state index contributed by atoms with van der Waals surface area (Å²) in [6, 6.07) is 5.67. The highest BCUT2D eigenvalue weighted by molar-refractivity contribution is 6.06. The Morgan fingerprint density at radius 1 is 1.17 bits per heavy atom. The number of rotatable bonds is 5. The molecule has 0 spiro atoms. The number of imide groups is 1. The Hall–Kier alpha value is -2.41. The molecule has 0 N–H and O–H groups in total. The summed E-state index contributed by atoms with van der Waals surface area (Å²) in [4.78, 5) is 29.8. The average Bonchev–Trinajstić information content (AvgIpc) is 3.00. The number of hydrogen-bond donors (Lipinski definition) is 0. The molecule has 1 aromatic rings. The smallest absolute Gasteiger partial charge is 0.349 e. The van der Waals surface area contributed by atoms with E-state index in [0.717, 1.165) is 61.4 Å². The topological polar surface area (TPSA) is 65.4 Å². The van der Waals surface area contributed by atoms with Crippen molar-refractivity contribution in [3.63, 3.8) is 0 Å². The summed E-state index contributed by atoms with van der Waals surface area (Å²) in [6.07, 6.45) is 5.66. The Bertz CT molecular complexity index is 816. The van der Waals surface area contributed by atoms with E-state index in [4.69, 9.17) is 4.74 Å². The Labute approximate surface area is 172 Å². The Morgan fingerprint density at radius 2 is 1.97 bits per heavy atom. The molecule has 7 heteroatoms. The predicted octanol–water partition coefficient (Wildman–Crippen LogP) is 3.36. The van der Waals surface area contributed by atoms with Gasteiger partial charge < -0.3 is 4.74 Å². The zero-order chi connectivity index (χ0) is 20.4. The summed E-state index contributed by atoms with van der Waals surface area (Å²) in [5.74, 6) is 0.632. The largest absolute Gasteiger partial charge is 0.492 e. The molecule has 3 amide bonds. The van der Waals surface area contributed by atoms with Crippen LogP contribution in [0, 0.1) is 6.92 Å². The maximum atomic E-state index is 13.2. The second kappa shape index (κ2) is 8.53. The fraction of sp³-hybridized carbons (Fsp3) is 0.591. The highest BCUT2D eigenvalue weighted by atomic mass is 16.5. The lowest BCUT2D eigenvalue weighted by molar-refractivity contribution is -0.130. The van der Waals surface area contributed by atoms with Crippen LogP contribution in [0.25, 0.3) is 0 Å². The molecule has 4 rings (SSSR count). The standard InChI is InChI=1S/C22H30N4O3/c1-3-7-20(24-11-5-4-6-12-24)26-21(27)15-25(22(26)28)23-18-10-13-29-19-9-8-16(2)14-17(18)19/h8-9,14,20H,3-7,10-13,15H2,1-2H3/b23-18+. The van der Waals surface area contributed by atoms with E-state index in [1.807, 2.05) is 25.1 Å². The third kappa shape index (κ3) is 4.01. The number of carbonyl (C=O) groups is 2. The quantitative estimate of drug-likeness (QED) is 0.714. The first-order valence-corrected chi connectivity index (χ1v) is 10.8. The van der Waals surface area contributed by atoms with Crippen LogP contribution in [0.5, 0.6) is 5.75 Å². The lowest BCUT2D eigenvalue weighted by atomic mass is 10.0. The lowest BCUT2D eigenvalue weighted by Crippen LogP contribution is -2.52. The number of urea groups is 1. The summed E-state index contributed by atoms with van der Waals surface area (Å²) >= 11 is 0. The van der Waals surface area contributed by atoms with Crippen LogP contribution in [0.1, 0.15) is 56.6 Å². The average molecular weight is 399 g/mol. The number of fused-ring (bicyclic) bond motifs is 1. The minimum Gasteiger partial charge on any atom is -0.492 e. The Balaban J connectivity index is 1.58. The summed E-state index contributed by atoms with van der Waals surface area (Å²) in [7, 11) is 0. The number of hydrogen-bond acceptors (Lipinski definition) is 5. The molecule has 29 heavy (non-hydrogen) atoms. The minimum absolute atomic E-state index is 0.0123. The number of ether oxygens (including phenoxy) is 1. The molecule has 1 aromatic carbocycles. The number of benzene rings is 1. The van der Waals surface area contributed by atoms with E-state index >= 15 is 0 Å². The van der Waals surface area contributed by atoms with Crippen molar-refractivity contribution in [2.24, 2.45) is 5.10 Å². The molecular formula is C22H30N4O3. The fourth-order valence-electron chi connectivity index (χ4n) is 4.46. The number of amides is 3. The molecule has 2 fully saturated rings. The zero-order valence-electron chi connectivity index (χ0n) is 17.4. The third-order valence-electron chi connectivity index (χ3n) is 5.92. The molecule has 3 aliphatic heterocycles. The van der Waals surface area contributed by atoms with Crippen LogP contribution in [-0.4, -0.2) is 64.9 Å². The summed E-state index contributed by atoms with van der Waals surface area (Å²) < 4.78 is 5.72. The van der Waals surface area contributed by atoms with Crippen LogP contribution in [0.2, 0.25) is 0 Å². The van der Waals surface area contributed by atoms with Gasteiger partial charge in [0.2, 0.25) is 0 Å². The van der Waals surface area contributed by atoms with E-state index in [1.165, 1.54) is 16.3 Å². The number of piperidine rings is 1. The van der Waals surface area contributed by atoms with E-state index in [9.17, 15) is 9.59 Å². The van der Waals surface area contributed by atoms with Gasteiger partial charge >= 0.3 is 6.03 Å². The second-order valence-corrected chi connectivity index (χ2v) is 8.11. The summed E-state index contributed by atoms with van der Waals surface area (Å²) in [5.41, 5.74) is 2.83. The lowest BCUT2D eigenvalue weighted by Gasteiger charge is -2.38. The molecule has 0 bridgehead atoms. The van der Waals surface area contributed by atoms with Gasteiger partial charge in [-0.25, -0.2) is 14.7 Å². The third-order valence-corrected chi connectivity index (χ3v) is 5.92. The molecule has 0 aliphatic carbocycles. The maximum absolute atomic E-state index is 13.2. The van der Waals surface area contributed by atoms with Gasteiger partial charge in [0.15, 0.2) is 0 Å². The van der Waals surface area contributed by atoms with Crippen LogP contribution >= 0.6 is 0 Å². The predicted molar refractivity (Wildman–Crippen MR) is 111 cm³/mol. The molecule has 1 unspecified atom stereocenters. The first-order chi connectivity index (χ1) is 14.1. The van der Waals surface area contributed by atoms with Gasteiger partial charge in [-0.15, -0.1) is 0 Å². The van der Waals surface area contributed by atoms with Crippen LogP contribution in [0.3, 0.4) is 0 Å². The molecule has 1 atom stereocenters. The van der Waals surface area contributed by atoms with Gasteiger partial charge in [0.05, 0.1) is 18.5 Å². The summed E-state index contributed by atoms with van der Waals surface area (Å²) in [5, 5.41) is 5.98. The van der Waals surface area contributed by atoms with Gasteiger partial charge in [-0.3, -0.25) is 9.69 Å². The van der Waals surface area contributed by atoms with Crippen LogP contribution in [0.15, 0.2) is 23.3 Å². The molecular weight excluding hydrogens is 368 g/mol. The molecule has 0 saturated carbocycles. The minimum atomic E-state index is -0.299. The Kier molecular flexibility index (Phi) is 5.85. The van der Waals surface area contributed by atoms with Gasteiger partial charge in [-0.1, -0.05) is 31.4 Å². The highest BCUT2D eigenvalue weighted by Gasteiger charge is 2.43. The van der Waals surface area contributed by atoms with Gasteiger partial charge in [0.1, 0.15) is 12.3 Å². The number of nitrogens with zero attached hydrogens (tertiary/aromatic N) is 4. The van der Waals surface area contributed by atoms with Crippen molar-refractivity contribution < 1.29 is 14.3 Å². The van der Waals surface area contributed by atoms with Crippen molar-refractivity contribution in [3.8, 4) is 5.75 Å². The van der Waals surface area contributed by atoms with E-state index in [1.54, 1.807) is 0 Å². The normalized spacial score (nSPS) is 22.8. The molecule has 3 aliphatic rings.